The Morgan fingerprint density at radius 1 is 0.857 bits per heavy atom. The minimum absolute atomic E-state index is 0.115. The minimum atomic E-state index is -0.139. The van der Waals surface area contributed by atoms with Crippen LogP contribution in [-0.2, 0) is 6.42 Å². The van der Waals surface area contributed by atoms with E-state index >= 15 is 0 Å². The number of benzene rings is 2. The van der Waals surface area contributed by atoms with Crippen molar-refractivity contribution < 1.29 is 9.59 Å². The van der Waals surface area contributed by atoms with Crippen LogP contribution >= 0.6 is 23.2 Å². The molecule has 0 bridgehead atoms. The number of rotatable bonds is 2. The molecule has 2 aromatic rings. The summed E-state index contributed by atoms with van der Waals surface area (Å²) in [6, 6.07) is 12.0. The SMILES string of the molecule is O=C1C=C(Cc2ccc(Cl)c(Cl)c2)C(=O)c2ccccc21. The van der Waals surface area contributed by atoms with Gasteiger partial charge in [0.25, 0.3) is 0 Å². The van der Waals surface area contributed by atoms with E-state index in [0.717, 1.165) is 5.56 Å². The Balaban J connectivity index is 1.95. The van der Waals surface area contributed by atoms with Gasteiger partial charge >= 0.3 is 0 Å². The van der Waals surface area contributed by atoms with E-state index in [4.69, 9.17) is 23.2 Å². The molecule has 1 aliphatic rings. The standard InChI is InChI=1S/C17H10Cl2O2/c18-14-6-5-10(8-15(14)19)7-11-9-16(20)12-3-1-2-4-13(12)17(11)21/h1-6,8-9H,7H2. The molecule has 0 saturated carbocycles. The lowest BCUT2D eigenvalue weighted by Crippen LogP contribution is -2.18. The summed E-state index contributed by atoms with van der Waals surface area (Å²) >= 11 is 11.8. The first-order valence-electron chi connectivity index (χ1n) is 6.39. The molecule has 0 fully saturated rings. The van der Waals surface area contributed by atoms with Crippen LogP contribution in [0, 0.1) is 0 Å². The van der Waals surface area contributed by atoms with Crippen molar-refractivity contribution in [2.24, 2.45) is 0 Å². The van der Waals surface area contributed by atoms with Crippen LogP contribution in [0.5, 0.6) is 0 Å². The van der Waals surface area contributed by atoms with Gasteiger partial charge in [-0.15, -0.1) is 0 Å². The van der Waals surface area contributed by atoms with Crippen molar-refractivity contribution in [3.8, 4) is 0 Å². The second-order valence-electron chi connectivity index (χ2n) is 4.83. The van der Waals surface area contributed by atoms with Crippen molar-refractivity contribution in [1.29, 1.82) is 0 Å². The summed E-state index contributed by atoms with van der Waals surface area (Å²) in [4.78, 5) is 24.5. The average Bonchev–Trinajstić information content (AvgIpc) is 2.48. The molecule has 0 aromatic heterocycles. The van der Waals surface area contributed by atoms with Gasteiger partial charge in [0.15, 0.2) is 11.6 Å². The molecule has 0 atom stereocenters. The largest absolute Gasteiger partial charge is 0.289 e. The van der Waals surface area contributed by atoms with E-state index in [9.17, 15) is 9.59 Å². The molecule has 0 unspecified atom stereocenters. The summed E-state index contributed by atoms with van der Waals surface area (Å²) in [5, 5.41) is 0.899. The molecular weight excluding hydrogens is 307 g/mol. The maximum atomic E-state index is 12.4. The molecule has 0 aliphatic heterocycles. The number of halogens is 2. The molecule has 2 nitrogen and oxygen atoms in total. The maximum Gasteiger partial charge on any atom is 0.190 e. The average molecular weight is 317 g/mol. The fraction of sp³-hybridized carbons (Fsp3) is 0.0588. The molecule has 0 N–H and O–H groups in total. The Labute approximate surface area is 132 Å². The fourth-order valence-corrected chi connectivity index (χ4v) is 2.69. The van der Waals surface area contributed by atoms with Gasteiger partial charge in [-0.2, -0.15) is 0 Å². The summed E-state index contributed by atoms with van der Waals surface area (Å²) in [6.45, 7) is 0. The van der Waals surface area contributed by atoms with Crippen molar-refractivity contribution in [2.75, 3.05) is 0 Å². The predicted molar refractivity (Wildman–Crippen MR) is 83.4 cm³/mol. The zero-order chi connectivity index (χ0) is 15.0. The van der Waals surface area contributed by atoms with Gasteiger partial charge in [-0.1, -0.05) is 53.5 Å². The van der Waals surface area contributed by atoms with Gasteiger partial charge in [0.05, 0.1) is 10.0 Å². The third-order valence-corrected chi connectivity index (χ3v) is 4.15. The molecule has 104 valence electrons. The van der Waals surface area contributed by atoms with Crippen molar-refractivity contribution in [2.45, 2.75) is 6.42 Å². The van der Waals surface area contributed by atoms with Crippen LogP contribution in [0.4, 0.5) is 0 Å². The summed E-state index contributed by atoms with van der Waals surface area (Å²) in [6.07, 6.45) is 1.77. The highest BCUT2D eigenvalue weighted by atomic mass is 35.5. The second-order valence-corrected chi connectivity index (χ2v) is 5.65. The lowest BCUT2D eigenvalue weighted by atomic mass is 9.87. The predicted octanol–water partition coefficient (Wildman–Crippen LogP) is 4.54. The number of fused-ring (bicyclic) bond motifs is 1. The number of carbonyl (C=O) groups is 2. The smallest absolute Gasteiger partial charge is 0.190 e. The van der Waals surface area contributed by atoms with Crippen molar-refractivity contribution in [3.05, 3.63) is 80.8 Å². The van der Waals surface area contributed by atoms with E-state index in [1.165, 1.54) is 6.08 Å². The van der Waals surface area contributed by atoms with Crippen LogP contribution < -0.4 is 0 Å². The van der Waals surface area contributed by atoms with E-state index in [2.05, 4.69) is 0 Å². The van der Waals surface area contributed by atoms with E-state index in [1.807, 2.05) is 0 Å². The summed E-state index contributed by atoms with van der Waals surface area (Å²) < 4.78 is 0. The van der Waals surface area contributed by atoms with E-state index in [1.54, 1.807) is 42.5 Å². The normalized spacial score (nSPS) is 13.9. The molecule has 0 spiro atoms. The van der Waals surface area contributed by atoms with Gasteiger partial charge in [0.2, 0.25) is 0 Å². The van der Waals surface area contributed by atoms with Gasteiger partial charge in [0.1, 0.15) is 0 Å². The Hall–Kier alpha value is -1.90. The quantitative estimate of drug-likeness (QED) is 0.815. The molecule has 2 aromatic carbocycles. The van der Waals surface area contributed by atoms with Gasteiger partial charge in [0, 0.05) is 23.1 Å². The molecule has 0 radical (unpaired) electrons. The summed E-state index contributed by atoms with van der Waals surface area (Å²) in [7, 11) is 0. The van der Waals surface area contributed by atoms with E-state index < -0.39 is 0 Å². The number of allylic oxidation sites excluding steroid dienone is 2. The monoisotopic (exact) mass is 316 g/mol. The van der Waals surface area contributed by atoms with Gasteiger partial charge < -0.3 is 0 Å². The van der Waals surface area contributed by atoms with Gasteiger partial charge in [-0.3, -0.25) is 9.59 Å². The van der Waals surface area contributed by atoms with Crippen LogP contribution in [0.25, 0.3) is 0 Å². The van der Waals surface area contributed by atoms with Crippen molar-refractivity contribution in [1.82, 2.24) is 0 Å². The summed E-state index contributed by atoms with van der Waals surface area (Å²) in [5.74, 6) is -0.253. The maximum absolute atomic E-state index is 12.4. The number of carbonyl (C=O) groups excluding carboxylic acids is 2. The van der Waals surface area contributed by atoms with Crippen molar-refractivity contribution >= 4 is 34.8 Å². The Morgan fingerprint density at radius 2 is 1.57 bits per heavy atom. The molecule has 1 aliphatic carbocycles. The zero-order valence-electron chi connectivity index (χ0n) is 10.9. The van der Waals surface area contributed by atoms with E-state index in [-0.39, 0.29) is 11.6 Å². The summed E-state index contributed by atoms with van der Waals surface area (Å²) in [5.41, 5.74) is 2.23. The van der Waals surface area contributed by atoms with Crippen molar-refractivity contribution in [3.63, 3.8) is 0 Å². The third-order valence-electron chi connectivity index (χ3n) is 3.41. The fourth-order valence-electron chi connectivity index (χ4n) is 2.37. The first-order valence-corrected chi connectivity index (χ1v) is 7.14. The molecule has 21 heavy (non-hydrogen) atoms. The van der Waals surface area contributed by atoms with Crippen LogP contribution in [0.15, 0.2) is 54.1 Å². The van der Waals surface area contributed by atoms with Crippen LogP contribution in [0.2, 0.25) is 10.0 Å². The number of ketones is 2. The molecule has 0 amide bonds. The first-order chi connectivity index (χ1) is 10.1. The van der Waals surface area contributed by atoms with Gasteiger partial charge in [-0.05, 0) is 23.8 Å². The lowest BCUT2D eigenvalue weighted by molar-refractivity contribution is 0.0982. The number of hydrogen-bond donors (Lipinski definition) is 0. The van der Waals surface area contributed by atoms with Gasteiger partial charge in [-0.25, -0.2) is 0 Å². The molecule has 0 saturated heterocycles. The first kappa shape index (κ1) is 14.1. The number of hydrogen-bond acceptors (Lipinski definition) is 2. The molecule has 4 heteroatoms. The Kier molecular flexibility index (Phi) is 3.66. The number of Topliss-reactive ketones (excluding diaryl/α,β-unsaturated/α-hetero) is 1. The van der Waals surface area contributed by atoms with Crippen LogP contribution in [0.3, 0.4) is 0 Å². The minimum Gasteiger partial charge on any atom is -0.289 e. The topological polar surface area (TPSA) is 34.1 Å². The molecular formula is C17H10Cl2O2. The van der Waals surface area contributed by atoms with Crippen LogP contribution in [0.1, 0.15) is 26.3 Å². The third kappa shape index (κ3) is 2.65. The van der Waals surface area contributed by atoms with Crippen LogP contribution in [-0.4, -0.2) is 11.6 Å². The molecule has 3 rings (SSSR count). The zero-order valence-corrected chi connectivity index (χ0v) is 12.4. The highest BCUT2D eigenvalue weighted by molar-refractivity contribution is 6.42. The Bertz CT molecular complexity index is 791. The second kappa shape index (κ2) is 5.47. The lowest BCUT2D eigenvalue weighted by Gasteiger charge is -2.15. The highest BCUT2D eigenvalue weighted by Crippen LogP contribution is 2.27. The Morgan fingerprint density at radius 3 is 2.29 bits per heavy atom. The van der Waals surface area contributed by atoms with E-state index in [0.29, 0.717) is 33.2 Å². The molecule has 0 heterocycles. The highest BCUT2D eigenvalue weighted by Gasteiger charge is 2.24.